The first-order valence-electron chi connectivity index (χ1n) is 7.52. The summed E-state index contributed by atoms with van der Waals surface area (Å²) < 4.78 is 15.6. The third kappa shape index (κ3) is 3.48. The van der Waals surface area contributed by atoms with E-state index in [1.54, 1.807) is 10.9 Å². The molecule has 3 rings (SSSR count). The Bertz CT molecular complexity index is 840. The van der Waals surface area contributed by atoms with E-state index < -0.39 is 5.82 Å². The highest BCUT2D eigenvalue weighted by Gasteiger charge is 2.13. The lowest BCUT2D eigenvalue weighted by molar-refractivity contribution is 0.102. The maximum absolute atomic E-state index is 13.9. The largest absolute Gasteiger partial charge is 0.322 e. The van der Waals surface area contributed by atoms with Crippen LogP contribution in [0.3, 0.4) is 0 Å². The third-order valence-corrected chi connectivity index (χ3v) is 3.34. The van der Waals surface area contributed by atoms with Crippen molar-refractivity contribution in [3.63, 3.8) is 0 Å². The van der Waals surface area contributed by atoms with Gasteiger partial charge in [-0.05, 0) is 24.1 Å². The maximum atomic E-state index is 13.9. The molecular formula is C16H17FN6O. The van der Waals surface area contributed by atoms with Crippen LogP contribution in [0.5, 0.6) is 0 Å². The van der Waals surface area contributed by atoms with Crippen LogP contribution < -0.4 is 5.32 Å². The first kappa shape index (κ1) is 15.9. The summed E-state index contributed by atoms with van der Waals surface area (Å²) in [6, 6.07) is 4.27. The topological polar surface area (TPSA) is 88.5 Å². The number of halogens is 1. The van der Waals surface area contributed by atoms with E-state index in [-0.39, 0.29) is 11.5 Å². The molecule has 0 aliphatic carbocycles. The molecule has 3 aromatic rings. The van der Waals surface area contributed by atoms with Gasteiger partial charge in [0.25, 0.3) is 5.91 Å². The van der Waals surface area contributed by atoms with Crippen molar-refractivity contribution in [2.24, 2.45) is 5.92 Å². The van der Waals surface area contributed by atoms with E-state index in [0.717, 1.165) is 6.54 Å². The summed E-state index contributed by atoms with van der Waals surface area (Å²) in [5.74, 6) is -0.0228. The van der Waals surface area contributed by atoms with Crippen molar-refractivity contribution >= 4 is 11.6 Å². The second-order valence-corrected chi connectivity index (χ2v) is 5.83. The van der Waals surface area contributed by atoms with Gasteiger partial charge in [0.15, 0.2) is 5.82 Å². The van der Waals surface area contributed by atoms with E-state index in [1.807, 2.05) is 0 Å². The van der Waals surface area contributed by atoms with Crippen molar-refractivity contribution in [3.8, 4) is 11.4 Å². The molecule has 0 fully saturated rings. The Labute approximate surface area is 137 Å². The molecule has 2 N–H and O–H groups in total. The molecule has 8 heteroatoms. The Hall–Kier alpha value is -3.03. The van der Waals surface area contributed by atoms with Crippen LogP contribution in [0.15, 0.2) is 36.9 Å². The molecule has 0 atom stereocenters. The molecule has 0 aliphatic heterocycles. The van der Waals surface area contributed by atoms with E-state index in [4.69, 9.17) is 0 Å². The molecule has 0 aliphatic rings. The van der Waals surface area contributed by atoms with Crippen LogP contribution in [-0.4, -0.2) is 30.9 Å². The molecule has 0 spiro atoms. The lowest BCUT2D eigenvalue weighted by atomic mass is 10.1. The summed E-state index contributed by atoms with van der Waals surface area (Å²) in [6.45, 7) is 4.88. The lowest BCUT2D eigenvalue weighted by Crippen LogP contribution is -2.11. The quantitative estimate of drug-likeness (QED) is 0.754. The van der Waals surface area contributed by atoms with Crippen molar-refractivity contribution < 1.29 is 9.18 Å². The number of benzene rings is 1. The van der Waals surface area contributed by atoms with Crippen LogP contribution in [0, 0.1) is 11.7 Å². The minimum absolute atomic E-state index is 0.237. The Morgan fingerprint density at radius 3 is 2.96 bits per heavy atom. The second kappa shape index (κ2) is 6.61. The van der Waals surface area contributed by atoms with Gasteiger partial charge in [-0.1, -0.05) is 13.8 Å². The molecule has 0 saturated carbocycles. The van der Waals surface area contributed by atoms with Gasteiger partial charge in [-0.25, -0.2) is 9.37 Å². The molecule has 1 aromatic carbocycles. The Morgan fingerprint density at radius 1 is 1.42 bits per heavy atom. The van der Waals surface area contributed by atoms with Gasteiger partial charge in [0.05, 0.1) is 17.3 Å². The monoisotopic (exact) mass is 328 g/mol. The van der Waals surface area contributed by atoms with Crippen molar-refractivity contribution in [3.05, 3.63) is 48.3 Å². The van der Waals surface area contributed by atoms with Crippen molar-refractivity contribution in [2.75, 3.05) is 5.32 Å². The van der Waals surface area contributed by atoms with Crippen LogP contribution in [-0.2, 0) is 6.54 Å². The zero-order chi connectivity index (χ0) is 17.1. The number of aromatic nitrogens is 5. The van der Waals surface area contributed by atoms with E-state index in [2.05, 4.69) is 39.4 Å². The van der Waals surface area contributed by atoms with Crippen molar-refractivity contribution in [1.29, 1.82) is 0 Å². The highest BCUT2D eigenvalue weighted by Crippen LogP contribution is 2.23. The summed E-state index contributed by atoms with van der Waals surface area (Å²) in [7, 11) is 0. The number of nitrogens with zero attached hydrogens (tertiary/aromatic N) is 4. The van der Waals surface area contributed by atoms with E-state index in [0.29, 0.717) is 23.0 Å². The molecule has 1 amide bonds. The molecule has 0 unspecified atom stereocenters. The minimum Gasteiger partial charge on any atom is -0.322 e. The van der Waals surface area contributed by atoms with E-state index >= 15 is 0 Å². The minimum atomic E-state index is -0.450. The summed E-state index contributed by atoms with van der Waals surface area (Å²) in [5, 5.41) is 13.2. The van der Waals surface area contributed by atoms with Crippen LogP contribution in [0.2, 0.25) is 0 Å². The highest BCUT2D eigenvalue weighted by atomic mass is 19.1. The molecule has 2 heterocycles. The van der Waals surface area contributed by atoms with Crippen LogP contribution in [0.25, 0.3) is 11.4 Å². The molecule has 2 aromatic heterocycles. The number of amides is 1. The van der Waals surface area contributed by atoms with Gasteiger partial charge < -0.3 is 5.32 Å². The highest BCUT2D eigenvalue weighted by molar-refractivity contribution is 6.04. The Balaban J connectivity index is 1.77. The third-order valence-electron chi connectivity index (χ3n) is 3.34. The van der Waals surface area contributed by atoms with Gasteiger partial charge >= 0.3 is 0 Å². The van der Waals surface area contributed by atoms with Gasteiger partial charge in [0.1, 0.15) is 12.1 Å². The first-order chi connectivity index (χ1) is 11.5. The van der Waals surface area contributed by atoms with E-state index in [9.17, 15) is 9.18 Å². The molecule has 0 saturated heterocycles. The van der Waals surface area contributed by atoms with Gasteiger partial charge in [0.2, 0.25) is 0 Å². The second-order valence-electron chi connectivity index (χ2n) is 5.83. The molecule has 24 heavy (non-hydrogen) atoms. The number of hydrogen-bond acceptors (Lipinski definition) is 4. The zero-order valence-corrected chi connectivity index (χ0v) is 13.3. The maximum Gasteiger partial charge on any atom is 0.258 e. The molecule has 124 valence electrons. The zero-order valence-electron chi connectivity index (χ0n) is 13.3. The number of rotatable bonds is 5. The number of anilines is 1. The van der Waals surface area contributed by atoms with Crippen molar-refractivity contribution in [1.82, 2.24) is 25.0 Å². The normalized spacial score (nSPS) is 11.0. The molecule has 0 bridgehead atoms. The summed E-state index contributed by atoms with van der Waals surface area (Å²) >= 11 is 0. The average Bonchev–Trinajstić information content (AvgIpc) is 3.20. The Kier molecular flexibility index (Phi) is 4.37. The van der Waals surface area contributed by atoms with Crippen LogP contribution in [0.1, 0.15) is 24.2 Å². The Morgan fingerprint density at radius 2 is 2.25 bits per heavy atom. The first-order valence-corrected chi connectivity index (χ1v) is 7.52. The fourth-order valence-corrected chi connectivity index (χ4v) is 2.28. The molecule has 0 radical (unpaired) electrons. The van der Waals surface area contributed by atoms with Crippen LogP contribution >= 0.6 is 0 Å². The standard InChI is InChI=1S/C16H17FN6O/c1-10(2)7-23-8-11(6-20-23)16(24)21-12-3-4-14(17)13(5-12)15-18-9-19-22-15/h3-6,8-10H,7H2,1-2H3,(H,21,24)(H,18,19,22). The number of nitrogens with one attached hydrogen (secondary N) is 2. The van der Waals surface area contributed by atoms with Gasteiger partial charge in [0, 0.05) is 18.4 Å². The number of aromatic amines is 1. The summed E-state index contributed by atoms with van der Waals surface area (Å²) in [6.07, 6.45) is 4.50. The molecular weight excluding hydrogens is 311 g/mol. The fraction of sp³-hybridized carbons (Fsp3) is 0.250. The average molecular weight is 328 g/mol. The fourth-order valence-electron chi connectivity index (χ4n) is 2.28. The summed E-state index contributed by atoms with van der Waals surface area (Å²) in [4.78, 5) is 16.2. The van der Waals surface area contributed by atoms with Crippen LogP contribution in [0.4, 0.5) is 10.1 Å². The number of carbonyl (C=O) groups is 1. The number of H-pyrrole nitrogens is 1. The summed E-state index contributed by atoms with van der Waals surface area (Å²) in [5.41, 5.74) is 1.14. The van der Waals surface area contributed by atoms with Gasteiger partial charge in [-0.2, -0.15) is 10.2 Å². The van der Waals surface area contributed by atoms with Crippen molar-refractivity contribution in [2.45, 2.75) is 20.4 Å². The van der Waals surface area contributed by atoms with E-state index in [1.165, 1.54) is 30.7 Å². The van der Waals surface area contributed by atoms with Gasteiger partial charge in [-0.15, -0.1) is 0 Å². The number of carbonyl (C=O) groups excluding carboxylic acids is 1. The SMILES string of the molecule is CC(C)Cn1cc(C(=O)Nc2ccc(F)c(-c3ncn[nH]3)c2)cn1. The van der Waals surface area contributed by atoms with Gasteiger partial charge in [-0.3, -0.25) is 14.6 Å². The predicted molar refractivity (Wildman–Crippen MR) is 86.8 cm³/mol. The molecule has 7 nitrogen and oxygen atoms in total. The smallest absolute Gasteiger partial charge is 0.258 e. The number of hydrogen-bond donors (Lipinski definition) is 2. The predicted octanol–water partition coefficient (Wildman–Crippen LogP) is 2.72. The lowest BCUT2D eigenvalue weighted by Gasteiger charge is -2.06.